The van der Waals surface area contributed by atoms with Crippen LogP contribution in [-0.4, -0.2) is 0 Å². The Balaban J connectivity index is 1.83. The van der Waals surface area contributed by atoms with Gasteiger partial charge >= 0.3 is 0 Å². The second-order valence-electron chi connectivity index (χ2n) is 7.54. The molecule has 0 spiro atoms. The molecule has 2 unspecified atom stereocenters. The Labute approximate surface area is 160 Å². The summed E-state index contributed by atoms with van der Waals surface area (Å²) in [4.78, 5) is -1.15. The Morgan fingerprint density at radius 1 is 0.640 bits per heavy atom. The van der Waals surface area contributed by atoms with Crippen molar-refractivity contribution in [2.45, 2.75) is 43.9 Å². The molecule has 0 nitrogen and oxygen atoms in total. The molecular formula is C23H22Cl2. The molecule has 0 fully saturated rings. The number of allylic oxidation sites excluding steroid dienone is 2. The molecule has 0 aromatic heterocycles. The summed E-state index contributed by atoms with van der Waals surface area (Å²) >= 11 is 14.4. The highest BCUT2D eigenvalue weighted by Crippen LogP contribution is 2.55. The monoisotopic (exact) mass is 368 g/mol. The molecule has 0 saturated heterocycles. The fourth-order valence-corrected chi connectivity index (χ4v) is 5.58. The third-order valence-corrected chi connectivity index (χ3v) is 6.61. The zero-order valence-electron chi connectivity index (χ0n) is 15.1. The van der Waals surface area contributed by atoms with Gasteiger partial charge in [0.1, 0.15) is 0 Å². The van der Waals surface area contributed by atoms with Crippen molar-refractivity contribution in [1.29, 1.82) is 0 Å². The van der Waals surface area contributed by atoms with Crippen LogP contribution in [0.25, 0.3) is 12.2 Å². The maximum atomic E-state index is 7.20. The molecule has 4 rings (SSSR count). The van der Waals surface area contributed by atoms with Gasteiger partial charge in [-0.2, -0.15) is 0 Å². The first kappa shape index (κ1) is 16.9. The van der Waals surface area contributed by atoms with Gasteiger partial charge < -0.3 is 0 Å². The fourth-order valence-electron chi connectivity index (χ4n) is 4.46. The fraction of sp³-hybridized carbons (Fsp3) is 0.304. The summed E-state index contributed by atoms with van der Waals surface area (Å²) < 4.78 is 0. The van der Waals surface area contributed by atoms with Crippen LogP contribution in [0.3, 0.4) is 0 Å². The van der Waals surface area contributed by atoms with Gasteiger partial charge in [-0.15, -0.1) is 23.2 Å². The Kier molecular flexibility index (Phi) is 3.72. The van der Waals surface area contributed by atoms with Gasteiger partial charge in [-0.1, -0.05) is 48.6 Å². The molecule has 25 heavy (non-hydrogen) atoms. The van der Waals surface area contributed by atoms with E-state index < -0.39 is 9.75 Å². The largest absolute Gasteiger partial charge is 0.109 e. The van der Waals surface area contributed by atoms with Crippen LogP contribution < -0.4 is 0 Å². The Bertz CT molecular complexity index is 874. The van der Waals surface area contributed by atoms with E-state index >= 15 is 0 Å². The van der Waals surface area contributed by atoms with E-state index in [4.69, 9.17) is 23.2 Å². The number of benzene rings is 2. The van der Waals surface area contributed by atoms with E-state index in [1.165, 1.54) is 44.5 Å². The van der Waals surface area contributed by atoms with Crippen LogP contribution in [-0.2, 0) is 9.75 Å². The van der Waals surface area contributed by atoms with Gasteiger partial charge in [-0.05, 0) is 72.2 Å². The van der Waals surface area contributed by atoms with Gasteiger partial charge in [0.25, 0.3) is 0 Å². The maximum absolute atomic E-state index is 7.20. The van der Waals surface area contributed by atoms with Crippen molar-refractivity contribution in [2.24, 2.45) is 0 Å². The van der Waals surface area contributed by atoms with Gasteiger partial charge in [0.2, 0.25) is 0 Å². The highest BCUT2D eigenvalue weighted by molar-refractivity contribution is 6.30. The lowest BCUT2D eigenvalue weighted by Gasteiger charge is -2.33. The van der Waals surface area contributed by atoms with Gasteiger partial charge in [-0.3, -0.25) is 0 Å². The third-order valence-electron chi connectivity index (χ3n) is 5.72. The molecule has 2 heteroatoms. The molecule has 2 atom stereocenters. The van der Waals surface area contributed by atoms with Crippen molar-refractivity contribution < 1.29 is 0 Å². The first-order valence-electron chi connectivity index (χ1n) is 8.73. The molecule has 2 aliphatic carbocycles. The molecule has 0 bridgehead atoms. The number of hydrogen-bond donors (Lipinski definition) is 0. The van der Waals surface area contributed by atoms with Crippen molar-refractivity contribution in [3.63, 3.8) is 0 Å². The predicted molar refractivity (Wildman–Crippen MR) is 110 cm³/mol. The van der Waals surface area contributed by atoms with Crippen molar-refractivity contribution >= 4 is 35.4 Å². The van der Waals surface area contributed by atoms with E-state index in [-0.39, 0.29) is 0 Å². The minimum absolute atomic E-state index is 0.574. The van der Waals surface area contributed by atoms with E-state index in [2.05, 4.69) is 76.3 Å². The zero-order valence-corrected chi connectivity index (χ0v) is 16.6. The van der Waals surface area contributed by atoms with Crippen molar-refractivity contribution in [3.05, 3.63) is 80.9 Å². The number of hydrogen-bond acceptors (Lipinski definition) is 0. The maximum Gasteiger partial charge on any atom is 0.0909 e. The molecule has 0 heterocycles. The van der Waals surface area contributed by atoms with Crippen LogP contribution >= 0.6 is 23.2 Å². The summed E-state index contributed by atoms with van der Waals surface area (Å²) in [7, 11) is 0. The third kappa shape index (κ3) is 2.42. The van der Waals surface area contributed by atoms with Gasteiger partial charge in [-0.25, -0.2) is 0 Å². The highest BCUT2D eigenvalue weighted by atomic mass is 35.5. The lowest BCUT2D eigenvalue weighted by molar-refractivity contribution is 0.580. The molecule has 2 aliphatic rings. The van der Waals surface area contributed by atoms with Gasteiger partial charge in [0, 0.05) is 6.42 Å². The van der Waals surface area contributed by atoms with Crippen molar-refractivity contribution in [3.8, 4) is 0 Å². The molecule has 0 radical (unpaired) electrons. The normalized spacial score (nSPS) is 26.2. The van der Waals surface area contributed by atoms with E-state index in [9.17, 15) is 0 Å². The summed E-state index contributed by atoms with van der Waals surface area (Å²) in [6.07, 6.45) is 9.21. The molecule has 0 aliphatic heterocycles. The van der Waals surface area contributed by atoms with Crippen LogP contribution in [0.4, 0.5) is 0 Å². The SMILES string of the molecule is Cc1ccc(C)c2c1C=CC2(Cl)CC1(Cl)C=Cc2c(C)ccc(C)c21. The minimum Gasteiger partial charge on any atom is -0.109 e. The summed E-state index contributed by atoms with van der Waals surface area (Å²) in [5.74, 6) is 0. The first-order valence-corrected chi connectivity index (χ1v) is 9.48. The molecule has 128 valence electrons. The summed E-state index contributed by atoms with van der Waals surface area (Å²) in [5.41, 5.74) is 9.89. The topological polar surface area (TPSA) is 0 Å². The molecule has 0 N–H and O–H groups in total. The second kappa shape index (κ2) is 5.50. The minimum atomic E-state index is -0.574. The first-order chi connectivity index (χ1) is 11.8. The van der Waals surface area contributed by atoms with Crippen LogP contribution in [0.5, 0.6) is 0 Å². The molecule has 0 saturated carbocycles. The highest BCUT2D eigenvalue weighted by Gasteiger charge is 2.45. The van der Waals surface area contributed by atoms with E-state index in [1.54, 1.807) is 0 Å². The van der Waals surface area contributed by atoms with Gasteiger partial charge in [0.15, 0.2) is 0 Å². The number of alkyl halides is 2. The Morgan fingerprint density at radius 2 is 1.00 bits per heavy atom. The lowest BCUT2D eigenvalue weighted by Crippen LogP contribution is -2.27. The number of rotatable bonds is 2. The Hall–Kier alpha value is -1.50. The van der Waals surface area contributed by atoms with E-state index in [0.29, 0.717) is 6.42 Å². The average Bonchev–Trinajstić information content (AvgIpc) is 3.07. The standard InChI is InChI=1S/C23H22Cl2/c1-14-5-7-16(3)20-18(14)9-11-22(20,24)13-23(25)12-10-19-15(2)6-8-17(4)21(19)23/h5-12H,13H2,1-4H3. The number of fused-ring (bicyclic) bond motifs is 2. The van der Waals surface area contributed by atoms with Gasteiger partial charge in [0.05, 0.1) is 9.75 Å². The quantitative estimate of drug-likeness (QED) is 0.503. The predicted octanol–water partition coefficient (Wildman–Crippen LogP) is 6.93. The summed E-state index contributed by atoms with van der Waals surface area (Å²) in [6, 6.07) is 8.64. The summed E-state index contributed by atoms with van der Waals surface area (Å²) in [5, 5.41) is 0. The van der Waals surface area contributed by atoms with Crippen LogP contribution in [0.2, 0.25) is 0 Å². The van der Waals surface area contributed by atoms with Crippen LogP contribution in [0.1, 0.15) is 50.9 Å². The van der Waals surface area contributed by atoms with Crippen molar-refractivity contribution in [1.82, 2.24) is 0 Å². The smallest absolute Gasteiger partial charge is 0.0909 e. The van der Waals surface area contributed by atoms with Crippen molar-refractivity contribution in [2.75, 3.05) is 0 Å². The molecule has 2 aromatic rings. The van der Waals surface area contributed by atoms with E-state index in [1.807, 2.05) is 0 Å². The second-order valence-corrected chi connectivity index (χ2v) is 8.89. The average molecular weight is 369 g/mol. The van der Waals surface area contributed by atoms with Crippen LogP contribution in [0, 0.1) is 27.7 Å². The molecule has 0 amide bonds. The zero-order chi connectivity index (χ0) is 18.0. The molecular weight excluding hydrogens is 347 g/mol. The number of halogens is 2. The number of aryl methyl sites for hydroxylation is 4. The van der Waals surface area contributed by atoms with E-state index in [0.717, 1.165) is 0 Å². The van der Waals surface area contributed by atoms with Crippen LogP contribution in [0.15, 0.2) is 36.4 Å². The lowest BCUT2D eigenvalue weighted by atomic mass is 9.82. The molecule has 2 aromatic carbocycles. The Morgan fingerprint density at radius 3 is 1.40 bits per heavy atom. The summed E-state index contributed by atoms with van der Waals surface area (Å²) in [6.45, 7) is 8.55.